The van der Waals surface area contributed by atoms with Gasteiger partial charge in [-0.15, -0.1) is 11.8 Å². The van der Waals surface area contributed by atoms with Gasteiger partial charge < -0.3 is 9.64 Å². The second kappa shape index (κ2) is 6.98. The Morgan fingerprint density at radius 3 is 2.62 bits per heavy atom. The van der Waals surface area contributed by atoms with Gasteiger partial charge in [0, 0.05) is 5.75 Å². The Balaban J connectivity index is 2.11. The number of ether oxygens (including phenoxy) is 1. The van der Waals surface area contributed by atoms with Gasteiger partial charge >= 0.3 is 5.97 Å². The molecule has 0 bridgehead atoms. The first-order chi connectivity index (χ1) is 10.0. The lowest BCUT2D eigenvalue weighted by Crippen LogP contribution is -2.43. The molecule has 114 valence electrons. The van der Waals surface area contributed by atoms with Crippen molar-refractivity contribution < 1.29 is 14.3 Å². The maximum Gasteiger partial charge on any atom is 0.329 e. The molecule has 0 N–H and O–H groups in total. The van der Waals surface area contributed by atoms with E-state index >= 15 is 0 Å². The molecule has 0 aliphatic carbocycles. The van der Waals surface area contributed by atoms with E-state index in [0.29, 0.717) is 24.7 Å². The van der Waals surface area contributed by atoms with Crippen molar-refractivity contribution in [1.82, 2.24) is 4.90 Å². The molecule has 1 aromatic carbocycles. The topological polar surface area (TPSA) is 46.6 Å². The third-order valence-electron chi connectivity index (χ3n) is 3.73. The number of esters is 1. The van der Waals surface area contributed by atoms with Crippen LogP contribution in [0.5, 0.6) is 0 Å². The third-order valence-corrected chi connectivity index (χ3v) is 4.75. The summed E-state index contributed by atoms with van der Waals surface area (Å²) in [6.07, 6.45) is 0.342. The van der Waals surface area contributed by atoms with E-state index in [9.17, 15) is 9.59 Å². The number of nitrogens with zero attached hydrogens (tertiary/aromatic N) is 1. The van der Waals surface area contributed by atoms with Crippen LogP contribution in [-0.4, -0.2) is 41.1 Å². The first kappa shape index (κ1) is 15.9. The van der Waals surface area contributed by atoms with Gasteiger partial charge in [0.15, 0.2) is 0 Å². The average Bonchev–Trinajstić information content (AvgIpc) is 2.92. The molecule has 1 atom stereocenters. The molecule has 5 heteroatoms. The molecule has 0 spiro atoms. The predicted molar refractivity (Wildman–Crippen MR) is 84.2 cm³/mol. The Morgan fingerprint density at radius 1 is 1.33 bits per heavy atom. The van der Waals surface area contributed by atoms with Gasteiger partial charge in [0.2, 0.25) is 5.91 Å². The van der Waals surface area contributed by atoms with Gasteiger partial charge in [-0.2, -0.15) is 0 Å². The van der Waals surface area contributed by atoms with Gasteiger partial charge in [0.1, 0.15) is 6.04 Å². The fraction of sp³-hybridized carbons (Fsp3) is 0.500. The van der Waals surface area contributed by atoms with Gasteiger partial charge in [0.05, 0.1) is 18.9 Å². The van der Waals surface area contributed by atoms with Crippen LogP contribution in [0.15, 0.2) is 18.2 Å². The van der Waals surface area contributed by atoms with Crippen molar-refractivity contribution in [3.8, 4) is 0 Å². The van der Waals surface area contributed by atoms with Gasteiger partial charge in [-0.1, -0.05) is 18.2 Å². The van der Waals surface area contributed by atoms with E-state index < -0.39 is 6.04 Å². The highest BCUT2D eigenvalue weighted by molar-refractivity contribution is 7.99. The van der Waals surface area contributed by atoms with Gasteiger partial charge in [-0.3, -0.25) is 4.79 Å². The molecule has 1 aromatic rings. The number of hydrogen-bond donors (Lipinski definition) is 0. The molecule has 2 rings (SSSR count). The Kier molecular flexibility index (Phi) is 5.28. The van der Waals surface area contributed by atoms with Crippen molar-refractivity contribution in [2.75, 3.05) is 18.2 Å². The highest BCUT2D eigenvalue weighted by Crippen LogP contribution is 2.24. The second-order valence-electron chi connectivity index (χ2n) is 5.18. The highest BCUT2D eigenvalue weighted by Gasteiger charge is 2.35. The van der Waals surface area contributed by atoms with Crippen LogP contribution < -0.4 is 0 Å². The van der Waals surface area contributed by atoms with Crippen LogP contribution in [0.2, 0.25) is 0 Å². The second-order valence-corrected chi connectivity index (χ2v) is 6.18. The zero-order valence-electron chi connectivity index (χ0n) is 12.7. The molecule has 4 nitrogen and oxygen atoms in total. The molecular formula is C16H21NO3S. The van der Waals surface area contributed by atoms with Gasteiger partial charge in [0.25, 0.3) is 0 Å². The summed E-state index contributed by atoms with van der Waals surface area (Å²) in [6.45, 7) is 6.15. The normalized spacial score (nSPS) is 17.9. The summed E-state index contributed by atoms with van der Waals surface area (Å²) in [7, 11) is 0. The number of rotatable bonds is 4. The van der Waals surface area contributed by atoms with E-state index in [1.54, 1.807) is 23.6 Å². The molecule has 1 aliphatic rings. The lowest BCUT2D eigenvalue weighted by atomic mass is 9.99. The predicted octanol–water partition coefficient (Wildman–Crippen LogP) is 2.31. The molecule has 0 saturated carbocycles. The van der Waals surface area contributed by atoms with Crippen LogP contribution in [0.3, 0.4) is 0 Å². The summed E-state index contributed by atoms with van der Waals surface area (Å²) in [5.41, 5.74) is 3.28. The van der Waals surface area contributed by atoms with E-state index in [1.165, 1.54) is 0 Å². The van der Waals surface area contributed by atoms with Crippen molar-refractivity contribution in [2.24, 2.45) is 0 Å². The smallest absolute Gasteiger partial charge is 0.329 e. The molecule has 1 fully saturated rings. The van der Waals surface area contributed by atoms with E-state index in [4.69, 9.17) is 4.74 Å². The highest BCUT2D eigenvalue weighted by atomic mass is 32.2. The maximum absolute atomic E-state index is 12.5. The van der Waals surface area contributed by atoms with Crippen LogP contribution in [-0.2, 0) is 20.7 Å². The first-order valence-electron chi connectivity index (χ1n) is 7.13. The Labute approximate surface area is 129 Å². The summed E-state index contributed by atoms with van der Waals surface area (Å²) in [5.74, 6) is 0.887. The van der Waals surface area contributed by atoms with Crippen molar-refractivity contribution in [3.63, 3.8) is 0 Å². The number of hydrogen-bond acceptors (Lipinski definition) is 4. The summed E-state index contributed by atoms with van der Waals surface area (Å²) >= 11 is 1.60. The molecular weight excluding hydrogens is 286 g/mol. The van der Waals surface area contributed by atoms with Crippen LogP contribution in [0, 0.1) is 13.8 Å². The van der Waals surface area contributed by atoms with Gasteiger partial charge in [-0.25, -0.2) is 4.79 Å². The fourth-order valence-corrected chi connectivity index (χ4v) is 3.67. The lowest BCUT2D eigenvalue weighted by Gasteiger charge is -2.23. The SMILES string of the molecule is CCOC(=O)C1CSCN1C(=O)Cc1c(C)cccc1C. The molecule has 21 heavy (non-hydrogen) atoms. The minimum atomic E-state index is -0.438. The third kappa shape index (κ3) is 3.59. The molecule has 1 amide bonds. The fourth-order valence-electron chi connectivity index (χ4n) is 2.50. The largest absolute Gasteiger partial charge is 0.464 e. The first-order valence-corrected chi connectivity index (χ1v) is 8.29. The number of thioether (sulfide) groups is 1. The Hall–Kier alpha value is -1.49. The molecule has 1 aliphatic heterocycles. The average molecular weight is 307 g/mol. The number of benzene rings is 1. The quantitative estimate of drug-likeness (QED) is 0.801. The molecule has 1 saturated heterocycles. The number of carbonyl (C=O) groups excluding carboxylic acids is 2. The standard InChI is InChI=1S/C16H21NO3S/c1-4-20-16(19)14-9-21-10-17(14)15(18)8-13-11(2)6-5-7-12(13)3/h5-7,14H,4,8-10H2,1-3H3. The van der Waals surface area contributed by atoms with E-state index in [-0.39, 0.29) is 11.9 Å². The van der Waals surface area contributed by atoms with Crippen molar-refractivity contribution in [2.45, 2.75) is 33.2 Å². The summed E-state index contributed by atoms with van der Waals surface area (Å²) in [4.78, 5) is 26.1. The molecule has 0 aromatic heterocycles. The van der Waals surface area contributed by atoms with Crippen LogP contribution in [0.25, 0.3) is 0 Å². The molecule has 1 unspecified atom stereocenters. The maximum atomic E-state index is 12.5. The lowest BCUT2D eigenvalue weighted by molar-refractivity contribution is -0.152. The summed E-state index contributed by atoms with van der Waals surface area (Å²) < 4.78 is 5.06. The van der Waals surface area contributed by atoms with Crippen molar-refractivity contribution >= 4 is 23.6 Å². The summed E-state index contributed by atoms with van der Waals surface area (Å²) in [6, 6.07) is 5.58. The minimum absolute atomic E-state index is 0.00421. The zero-order chi connectivity index (χ0) is 15.4. The van der Waals surface area contributed by atoms with Crippen LogP contribution in [0.1, 0.15) is 23.6 Å². The zero-order valence-corrected chi connectivity index (χ0v) is 13.5. The molecule has 1 heterocycles. The van der Waals surface area contributed by atoms with E-state index in [1.807, 2.05) is 32.0 Å². The molecule has 0 radical (unpaired) electrons. The summed E-state index contributed by atoms with van der Waals surface area (Å²) in [5, 5.41) is 0. The van der Waals surface area contributed by atoms with Crippen LogP contribution >= 0.6 is 11.8 Å². The minimum Gasteiger partial charge on any atom is -0.464 e. The number of aryl methyl sites for hydroxylation is 2. The monoisotopic (exact) mass is 307 g/mol. The van der Waals surface area contributed by atoms with Crippen molar-refractivity contribution in [3.05, 3.63) is 34.9 Å². The number of carbonyl (C=O) groups is 2. The van der Waals surface area contributed by atoms with Gasteiger partial charge in [-0.05, 0) is 37.5 Å². The van der Waals surface area contributed by atoms with Crippen LogP contribution in [0.4, 0.5) is 0 Å². The van der Waals surface area contributed by atoms with E-state index in [0.717, 1.165) is 16.7 Å². The Morgan fingerprint density at radius 2 is 2.00 bits per heavy atom. The van der Waals surface area contributed by atoms with Crippen molar-refractivity contribution in [1.29, 1.82) is 0 Å². The van der Waals surface area contributed by atoms with E-state index in [2.05, 4.69) is 0 Å². The Bertz CT molecular complexity index is 524. The number of amides is 1.